The Morgan fingerprint density at radius 2 is 1.85 bits per heavy atom. The van der Waals surface area contributed by atoms with E-state index in [4.69, 9.17) is 16.3 Å². The lowest BCUT2D eigenvalue weighted by Crippen LogP contribution is -2.12. The van der Waals surface area contributed by atoms with Crippen molar-refractivity contribution in [3.8, 4) is 17.0 Å². The molecule has 0 bridgehead atoms. The van der Waals surface area contributed by atoms with Crippen LogP contribution in [0.15, 0.2) is 60.8 Å². The number of hydrogen-bond donors (Lipinski definition) is 1. The van der Waals surface area contributed by atoms with Crippen LogP contribution < -0.4 is 10.1 Å². The number of rotatable bonds is 5. The van der Waals surface area contributed by atoms with Crippen LogP contribution in [0.1, 0.15) is 35.7 Å². The molecule has 1 heterocycles. The summed E-state index contributed by atoms with van der Waals surface area (Å²) >= 11 is 6.42. The molecule has 5 heteroatoms. The van der Waals surface area contributed by atoms with E-state index in [1.165, 1.54) is 5.56 Å². The minimum atomic E-state index is -0.214. The highest BCUT2D eigenvalue weighted by molar-refractivity contribution is 6.33. The summed E-state index contributed by atoms with van der Waals surface area (Å²) in [4.78, 5) is 16.9. The van der Waals surface area contributed by atoms with Gasteiger partial charge in [0.25, 0.3) is 5.91 Å². The monoisotopic (exact) mass is 380 g/mol. The fourth-order valence-electron chi connectivity index (χ4n) is 2.76. The molecule has 27 heavy (non-hydrogen) atoms. The summed E-state index contributed by atoms with van der Waals surface area (Å²) in [5, 5.41) is 3.34. The van der Waals surface area contributed by atoms with Crippen LogP contribution in [0.3, 0.4) is 0 Å². The summed E-state index contributed by atoms with van der Waals surface area (Å²) in [6.07, 6.45) is 1.68. The first-order valence-electron chi connectivity index (χ1n) is 8.70. The molecule has 3 rings (SSSR count). The first-order chi connectivity index (χ1) is 13.0. The molecule has 0 unspecified atom stereocenters. The SMILES string of the molecule is COc1cccnc1-c1ccc(C(=O)Nc2ccc(C(C)C)cc2)cc1Cl. The number of nitrogens with one attached hydrogen (secondary N) is 1. The van der Waals surface area contributed by atoms with Crippen LogP contribution in [-0.4, -0.2) is 18.0 Å². The van der Waals surface area contributed by atoms with E-state index < -0.39 is 0 Å². The van der Waals surface area contributed by atoms with Gasteiger partial charge in [-0.1, -0.05) is 43.6 Å². The number of aromatic nitrogens is 1. The Morgan fingerprint density at radius 1 is 1.11 bits per heavy atom. The number of amides is 1. The van der Waals surface area contributed by atoms with E-state index in [1.54, 1.807) is 37.6 Å². The van der Waals surface area contributed by atoms with Gasteiger partial charge >= 0.3 is 0 Å². The van der Waals surface area contributed by atoms with Gasteiger partial charge in [0.15, 0.2) is 0 Å². The molecule has 2 aromatic carbocycles. The third-order valence-corrected chi connectivity index (χ3v) is 4.62. The number of carbonyl (C=O) groups excluding carboxylic acids is 1. The van der Waals surface area contributed by atoms with Gasteiger partial charge in [0, 0.05) is 23.0 Å². The molecule has 1 aromatic heterocycles. The fourth-order valence-corrected chi connectivity index (χ4v) is 3.03. The Balaban J connectivity index is 1.81. The van der Waals surface area contributed by atoms with Crippen molar-refractivity contribution in [3.05, 3.63) is 76.9 Å². The number of nitrogens with zero attached hydrogens (tertiary/aromatic N) is 1. The topological polar surface area (TPSA) is 51.2 Å². The third kappa shape index (κ3) is 4.29. The average molecular weight is 381 g/mol. The number of methoxy groups -OCH3 is 1. The average Bonchev–Trinajstić information content (AvgIpc) is 2.68. The maximum Gasteiger partial charge on any atom is 0.255 e. The summed E-state index contributed by atoms with van der Waals surface area (Å²) in [6, 6.07) is 16.6. The Kier molecular flexibility index (Phi) is 5.77. The number of carbonyl (C=O) groups is 1. The Hall–Kier alpha value is -2.85. The third-order valence-electron chi connectivity index (χ3n) is 4.31. The van der Waals surface area contributed by atoms with Gasteiger partial charge in [-0.25, -0.2) is 0 Å². The zero-order valence-corrected chi connectivity index (χ0v) is 16.2. The summed E-state index contributed by atoms with van der Waals surface area (Å²) < 4.78 is 5.34. The Morgan fingerprint density at radius 3 is 2.48 bits per heavy atom. The lowest BCUT2D eigenvalue weighted by molar-refractivity contribution is 0.102. The summed E-state index contributed by atoms with van der Waals surface area (Å²) in [5.41, 5.74) is 3.81. The first kappa shape index (κ1) is 18.9. The molecular weight excluding hydrogens is 360 g/mol. The van der Waals surface area contributed by atoms with Crippen molar-refractivity contribution in [1.29, 1.82) is 0 Å². The van der Waals surface area contributed by atoms with Gasteiger partial charge in [-0.05, 0) is 47.9 Å². The molecule has 4 nitrogen and oxygen atoms in total. The number of anilines is 1. The molecule has 0 radical (unpaired) electrons. The van der Waals surface area contributed by atoms with Crippen molar-refractivity contribution in [3.63, 3.8) is 0 Å². The van der Waals surface area contributed by atoms with Crippen molar-refractivity contribution in [2.45, 2.75) is 19.8 Å². The van der Waals surface area contributed by atoms with Crippen molar-refractivity contribution in [2.75, 3.05) is 12.4 Å². The number of pyridine rings is 1. The summed E-state index contributed by atoms with van der Waals surface area (Å²) in [5.74, 6) is 0.861. The Bertz CT molecular complexity index is 953. The second kappa shape index (κ2) is 8.23. The van der Waals surface area contributed by atoms with Crippen LogP contribution in [0, 0.1) is 0 Å². The van der Waals surface area contributed by atoms with E-state index in [0.29, 0.717) is 33.5 Å². The molecule has 0 saturated heterocycles. The van der Waals surface area contributed by atoms with E-state index in [-0.39, 0.29) is 5.91 Å². The highest BCUT2D eigenvalue weighted by Crippen LogP contribution is 2.33. The van der Waals surface area contributed by atoms with Gasteiger partial charge in [0.1, 0.15) is 11.4 Å². The largest absolute Gasteiger partial charge is 0.494 e. The number of benzene rings is 2. The zero-order chi connectivity index (χ0) is 19.4. The van der Waals surface area contributed by atoms with Gasteiger partial charge in [0.05, 0.1) is 12.1 Å². The van der Waals surface area contributed by atoms with Crippen molar-refractivity contribution >= 4 is 23.2 Å². The number of hydrogen-bond acceptors (Lipinski definition) is 3. The predicted molar refractivity (Wildman–Crippen MR) is 110 cm³/mol. The maximum atomic E-state index is 12.5. The van der Waals surface area contributed by atoms with E-state index in [0.717, 1.165) is 5.69 Å². The van der Waals surface area contributed by atoms with Crippen LogP contribution >= 0.6 is 11.6 Å². The molecule has 0 aliphatic heterocycles. The standard InChI is InChI=1S/C22H21ClN2O2/c1-14(2)15-6-9-17(10-7-15)25-22(26)16-8-11-18(19(23)13-16)21-20(27-3)5-4-12-24-21/h4-14H,1-3H3,(H,25,26). The van der Waals surface area contributed by atoms with Crippen molar-refractivity contribution in [1.82, 2.24) is 4.98 Å². The van der Waals surface area contributed by atoms with E-state index in [9.17, 15) is 4.79 Å². The minimum absolute atomic E-state index is 0.214. The molecule has 0 aliphatic rings. The molecule has 1 amide bonds. The molecule has 0 saturated carbocycles. The molecular formula is C22H21ClN2O2. The van der Waals surface area contributed by atoms with Gasteiger partial charge in [-0.15, -0.1) is 0 Å². The van der Waals surface area contributed by atoms with Gasteiger partial charge in [0.2, 0.25) is 0 Å². The lowest BCUT2D eigenvalue weighted by atomic mass is 10.0. The number of halogens is 1. The first-order valence-corrected chi connectivity index (χ1v) is 9.07. The summed E-state index contributed by atoms with van der Waals surface area (Å²) in [7, 11) is 1.58. The molecule has 0 spiro atoms. The molecule has 0 atom stereocenters. The molecule has 0 fully saturated rings. The smallest absolute Gasteiger partial charge is 0.255 e. The van der Waals surface area contributed by atoms with Crippen LogP contribution in [0.2, 0.25) is 5.02 Å². The van der Waals surface area contributed by atoms with Crippen LogP contribution in [0.25, 0.3) is 11.3 Å². The molecule has 138 valence electrons. The molecule has 0 aliphatic carbocycles. The van der Waals surface area contributed by atoms with Gasteiger partial charge < -0.3 is 10.1 Å². The van der Waals surface area contributed by atoms with Gasteiger partial charge in [-0.2, -0.15) is 0 Å². The molecule has 1 N–H and O–H groups in total. The second-order valence-electron chi connectivity index (χ2n) is 6.48. The minimum Gasteiger partial charge on any atom is -0.494 e. The maximum absolute atomic E-state index is 12.5. The summed E-state index contributed by atoms with van der Waals surface area (Å²) in [6.45, 7) is 4.27. The quantitative estimate of drug-likeness (QED) is 0.609. The predicted octanol–water partition coefficient (Wildman–Crippen LogP) is 5.79. The normalized spacial score (nSPS) is 10.7. The van der Waals surface area contributed by atoms with E-state index >= 15 is 0 Å². The fraction of sp³-hybridized carbons (Fsp3) is 0.182. The van der Waals surface area contributed by atoms with Crippen LogP contribution in [0.5, 0.6) is 5.75 Å². The van der Waals surface area contributed by atoms with E-state index in [1.807, 2.05) is 30.3 Å². The molecule has 3 aromatic rings. The number of ether oxygens (including phenoxy) is 1. The second-order valence-corrected chi connectivity index (χ2v) is 6.89. The van der Waals surface area contributed by atoms with Crippen LogP contribution in [-0.2, 0) is 0 Å². The Labute approximate surface area is 164 Å². The lowest BCUT2D eigenvalue weighted by Gasteiger charge is -2.11. The highest BCUT2D eigenvalue weighted by Gasteiger charge is 2.14. The van der Waals surface area contributed by atoms with Crippen molar-refractivity contribution in [2.24, 2.45) is 0 Å². The zero-order valence-electron chi connectivity index (χ0n) is 15.5. The van der Waals surface area contributed by atoms with Gasteiger partial charge in [-0.3, -0.25) is 9.78 Å². The van der Waals surface area contributed by atoms with Crippen molar-refractivity contribution < 1.29 is 9.53 Å². The highest BCUT2D eigenvalue weighted by atomic mass is 35.5. The van der Waals surface area contributed by atoms with Crippen LogP contribution in [0.4, 0.5) is 5.69 Å². The van der Waals surface area contributed by atoms with E-state index in [2.05, 4.69) is 24.1 Å².